The zero-order valence-electron chi connectivity index (χ0n) is 13.2. The number of hydrogen-bond donors (Lipinski definition) is 0. The molecule has 122 valence electrons. The molecule has 0 aliphatic carbocycles. The zero-order chi connectivity index (χ0) is 17.4. The van der Waals surface area contributed by atoms with Gasteiger partial charge in [0.15, 0.2) is 0 Å². The SMILES string of the molecule is Cc1cc(-c2c(Cl)cccc2Cl)cc2nnc(-c3ccccn3)nc12. The first-order chi connectivity index (χ1) is 12.1. The van der Waals surface area contributed by atoms with Crippen LogP contribution in [0, 0.1) is 6.92 Å². The van der Waals surface area contributed by atoms with Gasteiger partial charge in [0.2, 0.25) is 5.82 Å². The van der Waals surface area contributed by atoms with Gasteiger partial charge in [-0.3, -0.25) is 4.98 Å². The van der Waals surface area contributed by atoms with Crippen molar-refractivity contribution in [3.63, 3.8) is 0 Å². The van der Waals surface area contributed by atoms with Gasteiger partial charge in [-0.2, -0.15) is 0 Å². The summed E-state index contributed by atoms with van der Waals surface area (Å²) in [5, 5.41) is 9.72. The lowest BCUT2D eigenvalue weighted by atomic mass is 10.0. The van der Waals surface area contributed by atoms with E-state index in [1.807, 2.05) is 55.5 Å². The van der Waals surface area contributed by atoms with Crippen LogP contribution in [0.4, 0.5) is 0 Å². The largest absolute Gasteiger partial charge is 0.253 e. The minimum atomic E-state index is 0.500. The quantitative estimate of drug-likeness (QED) is 0.478. The van der Waals surface area contributed by atoms with E-state index in [2.05, 4.69) is 20.2 Å². The van der Waals surface area contributed by atoms with E-state index in [1.54, 1.807) is 6.20 Å². The summed E-state index contributed by atoms with van der Waals surface area (Å²) in [6.07, 6.45) is 1.71. The second kappa shape index (κ2) is 6.39. The molecular weight excluding hydrogens is 355 g/mol. The van der Waals surface area contributed by atoms with Crippen molar-refractivity contribution in [3.8, 4) is 22.6 Å². The van der Waals surface area contributed by atoms with E-state index < -0.39 is 0 Å². The van der Waals surface area contributed by atoms with Gasteiger partial charge < -0.3 is 0 Å². The molecule has 0 aliphatic heterocycles. The zero-order valence-corrected chi connectivity index (χ0v) is 14.8. The second-order valence-corrected chi connectivity index (χ2v) is 6.42. The summed E-state index contributed by atoms with van der Waals surface area (Å²) in [5.41, 5.74) is 4.80. The van der Waals surface area contributed by atoms with Crippen LogP contribution in [0.1, 0.15) is 5.56 Å². The first-order valence-electron chi connectivity index (χ1n) is 7.64. The number of halogens is 2. The maximum absolute atomic E-state index is 6.33. The topological polar surface area (TPSA) is 51.6 Å². The summed E-state index contributed by atoms with van der Waals surface area (Å²) < 4.78 is 0. The molecule has 0 unspecified atom stereocenters. The number of nitrogens with zero attached hydrogens (tertiary/aromatic N) is 4. The normalized spacial score (nSPS) is 11.0. The van der Waals surface area contributed by atoms with Crippen LogP contribution in [-0.4, -0.2) is 20.2 Å². The van der Waals surface area contributed by atoms with E-state index in [0.29, 0.717) is 27.1 Å². The van der Waals surface area contributed by atoms with E-state index in [-0.39, 0.29) is 0 Å². The predicted octanol–water partition coefficient (Wildman–Crippen LogP) is 5.37. The first kappa shape index (κ1) is 15.9. The average molecular weight is 367 g/mol. The van der Waals surface area contributed by atoms with Crippen molar-refractivity contribution in [2.75, 3.05) is 0 Å². The molecule has 0 amide bonds. The molecule has 4 rings (SSSR count). The molecule has 0 spiro atoms. The van der Waals surface area contributed by atoms with Gasteiger partial charge in [-0.05, 0) is 54.4 Å². The molecule has 2 heterocycles. The van der Waals surface area contributed by atoms with Crippen molar-refractivity contribution in [3.05, 3.63) is 70.3 Å². The van der Waals surface area contributed by atoms with Gasteiger partial charge in [-0.1, -0.05) is 35.3 Å². The van der Waals surface area contributed by atoms with Gasteiger partial charge in [0.1, 0.15) is 11.2 Å². The summed E-state index contributed by atoms with van der Waals surface area (Å²) in [5.74, 6) is 0.500. The van der Waals surface area contributed by atoms with Crippen molar-refractivity contribution >= 4 is 34.2 Å². The predicted molar refractivity (Wildman–Crippen MR) is 101 cm³/mol. The third-order valence-corrected chi connectivity index (χ3v) is 4.53. The first-order valence-corrected chi connectivity index (χ1v) is 8.40. The highest BCUT2D eigenvalue weighted by Crippen LogP contribution is 2.36. The van der Waals surface area contributed by atoms with E-state index in [0.717, 1.165) is 22.2 Å². The Kier molecular flexibility index (Phi) is 4.07. The van der Waals surface area contributed by atoms with Crippen LogP contribution in [0.5, 0.6) is 0 Å². The highest BCUT2D eigenvalue weighted by atomic mass is 35.5. The van der Waals surface area contributed by atoms with E-state index >= 15 is 0 Å². The molecule has 0 fully saturated rings. The third kappa shape index (κ3) is 2.95. The van der Waals surface area contributed by atoms with Crippen LogP contribution >= 0.6 is 23.2 Å². The van der Waals surface area contributed by atoms with Crippen LogP contribution in [0.15, 0.2) is 54.7 Å². The number of fused-ring (bicyclic) bond motifs is 1. The minimum absolute atomic E-state index is 0.500. The number of pyridine rings is 1. The highest BCUT2D eigenvalue weighted by molar-refractivity contribution is 6.39. The Bertz CT molecular complexity index is 1060. The van der Waals surface area contributed by atoms with Crippen LogP contribution < -0.4 is 0 Å². The van der Waals surface area contributed by atoms with Crippen molar-refractivity contribution < 1.29 is 0 Å². The maximum Gasteiger partial charge on any atom is 0.200 e. The Morgan fingerprint density at radius 3 is 2.40 bits per heavy atom. The molecular formula is C19H12Cl2N4. The van der Waals surface area contributed by atoms with Gasteiger partial charge in [0.25, 0.3) is 0 Å². The molecule has 0 radical (unpaired) electrons. The van der Waals surface area contributed by atoms with Gasteiger partial charge in [0, 0.05) is 21.8 Å². The lowest BCUT2D eigenvalue weighted by molar-refractivity contribution is 1.02. The van der Waals surface area contributed by atoms with Crippen molar-refractivity contribution in [2.24, 2.45) is 0 Å². The van der Waals surface area contributed by atoms with E-state index in [4.69, 9.17) is 23.2 Å². The Balaban J connectivity index is 1.89. The molecule has 6 heteroatoms. The molecule has 0 saturated carbocycles. The average Bonchev–Trinajstić information content (AvgIpc) is 2.62. The molecule has 2 aromatic carbocycles. The molecule has 0 atom stereocenters. The van der Waals surface area contributed by atoms with Crippen LogP contribution in [0.2, 0.25) is 10.0 Å². The van der Waals surface area contributed by atoms with Gasteiger partial charge in [-0.25, -0.2) is 4.98 Å². The van der Waals surface area contributed by atoms with E-state index in [1.165, 1.54) is 0 Å². The molecule has 0 aliphatic rings. The summed E-state index contributed by atoms with van der Waals surface area (Å²) in [7, 11) is 0. The van der Waals surface area contributed by atoms with Gasteiger partial charge >= 0.3 is 0 Å². The monoisotopic (exact) mass is 366 g/mol. The molecule has 4 nitrogen and oxygen atoms in total. The maximum atomic E-state index is 6.33. The summed E-state index contributed by atoms with van der Waals surface area (Å²) in [4.78, 5) is 8.90. The van der Waals surface area contributed by atoms with Crippen molar-refractivity contribution in [1.82, 2.24) is 20.2 Å². The van der Waals surface area contributed by atoms with Gasteiger partial charge in [0.05, 0.1) is 5.52 Å². The Labute approximate surface area is 154 Å². The standard InChI is InChI=1S/C19H12Cl2N4/c1-11-9-12(17-13(20)5-4-6-14(17)21)10-16-18(11)23-19(25-24-16)15-7-2-3-8-22-15/h2-10H,1H3. The molecule has 4 aromatic rings. The fourth-order valence-corrected chi connectivity index (χ4v) is 3.35. The fraction of sp³-hybridized carbons (Fsp3) is 0.0526. The summed E-state index contributed by atoms with van der Waals surface area (Å²) in [6.45, 7) is 1.98. The Morgan fingerprint density at radius 1 is 0.880 bits per heavy atom. The number of hydrogen-bond acceptors (Lipinski definition) is 4. The third-order valence-electron chi connectivity index (χ3n) is 3.90. The van der Waals surface area contributed by atoms with Gasteiger partial charge in [-0.15, -0.1) is 10.2 Å². The number of benzene rings is 2. The van der Waals surface area contributed by atoms with Crippen LogP contribution in [-0.2, 0) is 0 Å². The summed E-state index contributed by atoms with van der Waals surface area (Å²) >= 11 is 12.7. The minimum Gasteiger partial charge on any atom is -0.253 e. The molecule has 0 N–H and O–H groups in total. The number of rotatable bonds is 2. The molecule has 25 heavy (non-hydrogen) atoms. The van der Waals surface area contributed by atoms with Crippen molar-refractivity contribution in [2.45, 2.75) is 6.92 Å². The highest BCUT2D eigenvalue weighted by Gasteiger charge is 2.13. The second-order valence-electron chi connectivity index (χ2n) is 5.61. The molecule has 0 saturated heterocycles. The lowest BCUT2D eigenvalue weighted by Gasteiger charge is -2.10. The smallest absolute Gasteiger partial charge is 0.200 e. The van der Waals surface area contributed by atoms with Crippen LogP contribution in [0.3, 0.4) is 0 Å². The number of aromatic nitrogens is 4. The Hall–Kier alpha value is -2.56. The Morgan fingerprint density at radius 2 is 1.68 bits per heavy atom. The molecule has 2 aromatic heterocycles. The van der Waals surface area contributed by atoms with E-state index in [9.17, 15) is 0 Å². The van der Waals surface area contributed by atoms with Crippen LogP contribution in [0.25, 0.3) is 33.7 Å². The lowest BCUT2D eigenvalue weighted by Crippen LogP contribution is -1.97. The molecule has 0 bridgehead atoms. The summed E-state index contributed by atoms with van der Waals surface area (Å²) in [6, 6.07) is 15.0. The fourth-order valence-electron chi connectivity index (χ4n) is 2.73. The number of aryl methyl sites for hydroxylation is 1. The van der Waals surface area contributed by atoms with Crippen molar-refractivity contribution in [1.29, 1.82) is 0 Å².